The molecule has 0 spiro atoms. The molecule has 23 heavy (non-hydrogen) atoms. The van der Waals surface area contributed by atoms with Crippen molar-refractivity contribution in [2.75, 3.05) is 12.3 Å². The summed E-state index contributed by atoms with van der Waals surface area (Å²) in [5.41, 5.74) is 9.28. The molecule has 1 fully saturated rings. The number of hydrogen-bond acceptors (Lipinski definition) is 5. The van der Waals surface area contributed by atoms with Gasteiger partial charge in [0.05, 0.1) is 18.8 Å². The smallest absolute Gasteiger partial charge is 0.109 e. The molecular formula is C18H21NO4. The number of nitrogens with two attached hydrogens (primary N) is 1. The molecule has 2 aromatic rings. The second-order valence-electron chi connectivity index (χ2n) is 5.90. The lowest BCUT2D eigenvalue weighted by molar-refractivity contribution is -0.181. The second kappa shape index (κ2) is 6.68. The van der Waals surface area contributed by atoms with Gasteiger partial charge in [-0.1, -0.05) is 30.3 Å². The van der Waals surface area contributed by atoms with Gasteiger partial charge in [0.1, 0.15) is 12.2 Å². The average Bonchev–Trinajstić information content (AvgIpc) is 2.55. The second-order valence-corrected chi connectivity index (χ2v) is 5.90. The predicted octanol–water partition coefficient (Wildman–Crippen LogP) is 1.48. The number of aliphatic hydroxyl groups is 3. The van der Waals surface area contributed by atoms with Gasteiger partial charge in [-0.2, -0.15) is 0 Å². The lowest BCUT2D eigenvalue weighted by atomic mass is 9.92. The Kier molecular flexibility index (Phi) is 4.63. The van der Waals surface area contributed by atoms with Crippen LogP contribution in [0.15, 0.2) is 48.5 Å². The molecule has 1 heterocycles. The van der Waals surface area contributed by atoms with Crippen LogP contribution < -0.4 is 5.73 Å². The maximum absolute atomic E-state index is 10.2. The Hall–Kier alpha value is -1.92. The van der Waals surface area contributed by atoms with E-state index in [2.05, 4.69) is 0 Å². The van der Waals surface area contributed by atoms with E-state index in [1.165, 1.54) is 0 Å². The fraction of sp³-hybridized carbons (Fsp3) is 0.333. The van der Waals surface area contributed by atoms with Crippen LogP contribution in [0.3, 0.4) is 0 Å². The highest BCUT2D eigenvalue weighted by Crippen LogP contribution is 2.34. The van der Waals surface area contributed by atoms with Crippen molar-refractivity contribution in [2.45, 2.75) is 30.8 Å². The van der Waals surface area contributed by atoms with Gasteiger partial charge in [-0.3, -0.25) is 0 Å². The molecule has 5 N–H and O–H groups in total. The maximum Gasteiger partial charge on any atom is 0.109 e. The Balaban J connectivity index is 1.90. The molecule has 5 heteroatoms. The molecule has 5 nitrogen and oxygen atoms in total. The van der Waals surface area contributed by atoms with Crippen molar-refractivity contribution in [1.29, 1.82) is 0 Å². The van der Waals surface area contributed by atoms with Gasteiger partial charge >= 0.3 is 0 Å². The number of benzene rings is 2. The standard InChI is InChI=1S/C18H21NO4/c19-14-6-2-4-12(8-14)11-3-1-5-13(7-11)18-16(22)9-15(21)17(10-20)23-18/h1-8,15-18,20-22H,9-10,19H2/t15?,16-,17+,18?/m0/s1. The van der Waals surface area contributed by atoms with Crippen LogP contribution in [-0.4, -0.2) is 40.2 Å². The fourth-order valence-electron chi connectivity index (χ4n) is 2.97. The highest BCUT2D eigenvalue weighted by molar-refractivity contribution is 5.67. The van der Waals surface area contributed by atoms with Crippen LogP contribution in [0.25, 0.3) is 11.1 Å². The van der Waals surface area contributed by atoms with E-state index in [0.29, 0.717) is 5.69 Å². The Labute approximate surface area is 135 Å². The summed E-state index contributed by atoms with van der Waals surface area (Å²) >= 11 is 0. The summed E-state index contributed by atoms with van der Waals surface area (Å²) in [6.07, 6.45) is -2.75. The van der Waals surface area contributed by atoms with Crippen LogP contribution in [0.2, 0.25) is 0 Å². The van der Waals surface area contributed by atoms with Crippen LogP contribution in [0, 0.1) is 0 Å². The van der Waals surface area contributed by atoms with E-state index in [0.717, 1.165) is 16.7 Å². The molecule has 0 radical (unpaired) electrons. The lowest BCUT2D eigenvalue weighted by Gasteiger charge is -2.36. The van der Waals surface area contributed by atoms with Gasteiger partial charge < -0.3 is 25.8 Å². The van der Waals surface area contributed by atoms with E-state index < -0.39 is 24.4 Å². The molecule has 2 aromatic carbocycles. The lowest BCUT2D eigenvalue weighted by Crippen LogP contribution is -2.44. The predicted molar refractivity (Wildman–Crippen MR) is 87.6 cm³/mol. The molecule has 3 rings (SSSR count). The molecule has 0 saturated carbocycles. The van der Waals surface area contributed by atoms with E-state index >= 15 is 0 Å². The minimum atomic E-state index is -0.858. The first-order chi connectivity index (χ1) is 11.1. The third-order valence-electron chi connectivity index (χ3n) is 4.20. The molecule has 1 saturated heterocycles. The van der Waals surface area contributed by atoms with Gasteiger partial charge in [-0.15, -0.1) is 0 Å². The number of rotatable bonds is 3. The summed E-state index contributed by atoms with van der Waals surface area (Å²) in [5.74, 6) is 0. The molecule has 0 aliphatic carbocycles. The first kappa shape index (κ1) is 16.0. The van der Waals surface area contributed by atoms with Crippen molar-refractivity contribution < 1.29 is 20.1 Å². The summed E-state index contributed by atoms with van der Waals surface area (Å²) in [5, 5.41) is 29.3. The summed E-state index contributed by atoms with van der Waals surface area (Å²) in [6, 6.07) is 15.2. The van der Waals surface area contributed by atoms with Gasteiger partial charge in [0.15, 0.2) is 0 Å². The maximum atomic E-state index is 10.2. The van der Waals surface area contributed by atoms with E-state index in [1.807, 2.05) is 48.5 Å². The minimum absolute atomic E-state index is 0.179. The van der Waals surface area contributed by atoms with Crippen LogP contribution >= 0.6 is 0 Å². The van der Waals surface area contributed by atoms with Gasteiger partial charge in [-0.05, 0) is 34.9 Å². The van der Waals surface area contributed by atoms with Crippen molar-refractivity contribution in [3.05, 3.63) is 54.1 Å². The number of anilines is 1. The van der Waals surface area contributed by atoms with E-state index in [9.17, 15) is 15.3 Å². The summed E-state index contributed by atoms with van der Waals surface area (Å²) in [7, 11) is 0. The Morgan fingerprint density at radius 2 is 1.70 bits per heavy atom. The Morgan fingerprint density at radius 1 is 1.00 bits per heavy atom. The minimum Gasteiger partial charge on any atom is -0.399 e. The third kappa shape index (κ3) is 3.38. The fourth-order valence-corrected chi connectivity index (χ4v) is 2.97. The molecular weight excluding hydrogens is 294 g/mol. The summed E-state index contributed by atoms with van der Waals surface area (Å²) < 4.78 is 5.69. The third-order valence-corrected chi connectivity index (χ3v) is 4.20. The van der Waals surface area contributed by atoms with Crippen molar-refractivity contribution in [1.82, 2.24) is 0 Å². The molecule has 0 bridgehead atoms. The van der Waals surface area contributed by atoms with Crippen LogP contribution in [-0.2, 0) is 4.74 Å². The normalized spacial score (nSPS) is 27.8. The van der Waals surface area contributed by atoms with Crippen molar-refractivity contribution in [2.24, 2.45) is 0 Å². The molecule has 4 atom stereocenters. The highest BCUT2D eigenvalue weighted by atomic mass is 16.5. The monoisotopic (exact) mass is 315 g/mol. The van der Waals surface area contributed by atoms with Crippen molar-refractivity contribution >= 4 is 5.69 Å². The molecule has 122 valence electrons. The van der Waals surface area contributed by atoms with Crippen LogP contribution in [0.5, 0.6) is 0 Å². The van der Waals surface area contributed by atoms with Gasteiger partial charge in [0, 0.05) is 12.1 Å². The van der Waals surface area contributed by atoms with Gasteiger partial charge in [-0.25, -0.2) is 0 Å². The highest BCUT2D eigenvalue weighted by Gasteiger charge is 2.36. The first-order valence-electron chi connectivity index (χ1n) is 7.67. The van der Waals surface area contributed by atoms with E-state index in [1.54, 1.807) is 0 Å². The molecule has 2 unspecified atom stereocenters. The number of aliphatic hydroxyl groups excluding tert-OH is 3. The molecule has 1 aliphatic rings. The van der Waals surface area contributed by atoms with E-state index in [-0.39, 0.29) is 13.0 Å². The molecule has 0 amide bonds. The van der Waals surface area contributed by atoms with E-state index in [4.69, 9.17) is 10.5 Å². The quantitative estimate of drug-likeness (QED) is 0.644. The summed E-state index contributed by atoms with van der Waals surface area (Å²) in [4.78, 5) is 0. The largest absolute Gasteiger partial charge is 0.399 e. The van der Waals surface area contributed by atoms with Gasteiger partial charge in [0.2, 0.25) is 0 Å². The van der Waals surface area contributed by atoms with Gasteiger partial charge in [0.25, 0.3) is 0 Å². The number of ether oxygens (including phenoxy) is 1. The first-order valence-corrected chi connectivity index (χ1v) is 7.67. The van der Waals surface area contributed by atoms with Crippen molar-refractivity contribution in [3.8, 4) is 11.1 Å². The SMILES string of the molecule is Nc1cccc(-c2cccc(C3O[C@H](CO)C(O)C[C@@H]3O)c2)c1. The topological polar surface area (TPSA) is 95.9 Å². The Bertz CT molecular complexity index is 676. The zero-order valence-electron chi connectivity index (χ0n) is 12.7. The summed E-state index contributed by atoms with van der Waals surface area (Å²) in [6.45, 7) is -0.278. The zero-order valence-corrected chi connectivity index (χ0v) is 12.7. The van der Waals surface area contributed by atoms with Crippen molar-refractivity contribution in [3.63, 3.8) is 0 Å². The molecule has 1 aliphatic heterocycles. The Morgan fingerprint density at radius 3 is 2.39 bits per heavy atom. The zero-order chi connectivity index (χ0) is 16.4. The number of hydrogen-bond donors (Lipinski definition) is 4. The average molecular weight is 315 g/mol. The number of nitrogen functional groups attached to an aromatic ring is 1. The molecule has 0 aromatic heterocycles. The van der Waals surface area contributed by atoms with Crippen LogP contribution in [0.4, 0.5) is 5.69 Å². The van der Waals surface area contributed by atoms with Crippen LogP contribution in [0.1, 0.15) is 18.1 Å².